The maximum absolute atomic E-state index is 13.5. The number of benzene rings is 1. The minimum Gasteiger partial charge on any atom is -0.494 e. The molecule has 1 N–H and O–H groups in total. The van der Waals surface area contributed by atoms with Crippen LogP contribution in [0.4, 0.5) is 19.1 Å². The van der Waals surface area contributed by atoms with E-state index >= 15 is 0 Å². The van der Waals surface area contributed by atoms with Crippen LogP contribution in [-0.4, -0.2) is 58.1 Å². The highest BCUT2D eigenvalue weighted by Crippen LogP contribution is 2.40. The Bertz CT molecular complexity index is 782. The predicted octanol–water partition coefficient (Wildman–Crippen LogP) is 3.75. The Morgan fingerprint density at radius 2 is 2.03 bits per heavy atom. The summed E-state index contributed by atoms with van der Waals surface area (Å²) in [5.74, 6) is 1.24. The van der Waals surface area contributed by atoms with Crippen LogP contribution in [0.5, 0.6) is 5.75 Å². The van der Waals surface area contributed by atoms with E-state index < -0.39 is 12.2 Å². The monoisotopic (exact) mass is 409 g/mol. The molecule has 1 saturated heterocycles. The van der Waals surface area contributed by atoms with Gasteiger partial charge in [-0.15, -0.1) is 0 Å². The number of nitrogens with zero attached hydrogens (tertiary/aromatic N) is 4. The van der Waals surface area contributed by atoms with Gasteiger partial charge < -0.3 is 15.0 Å². The molecule has 2 aliphatic rings. The fourth-order valence-electron chi connectivity index (χ4n) is 4.35. The molecule has 29 heavy (non-hydrogen) atoms. The number of nitrogens with one attached hydrogen (secondary N) is 1. The lowest BCUT2D eigenvalue weighted by molar-refractivity contribution is -0.174. The number of rotatable bonds is 6. The van der Waals surface area contributed by atoms with Crippen molar-refractivity contribution in [3.8, 4) is 5.75 Å². The van der Waals surface area contributed by atoms with Gasteiger partial charge in [0.25, 0.3) is 0 Å². The summed E-state index contributed by atoms with van der Waals surface area (Å²) in [4.78, 5) is 6.32. The number of ether oxygens (including phenoxy) is 1. The number of fused-ring (bicyclic) bond motifs is 1. The Morgan fingerprint density at radius 3 is 2.83 bits per heavy atom. The maximum atomic E-state index is 13.5. The Hall–Kier alpha value is -2.29. The summed E-state index contributed by atoms with van der Waals surface area (Å²) in [6.07, 6.45) is -0.344. The van der Waals surface area contributed by atoms with Crippen molar-refractivity contribution in [1.82, 2.24) is 19.7 Å². The second-order valence-electron chi connectivity index (χ2n) is 7.79. The van der Waals surface area contributed by atoms with Crippen LogP contribution >= 0.6 is 0 Å². The van der Waals surface area contributed by atoms with Crippen LogP contribution in [0.3, 0.4) is 0 Å². The topological polar surface area (TPSA) is 55.2 Å². The van der Waals surface area contributed by atoms with Gasteiger partial charge in [-0.3, -0.25) is 0 Å². The van der Waals surface area contributed by atoms with E-state index in [0.717, 1.165) is 49.3 Å². The minimum atomic E-state index is -4.33. The molecule has 0 bridgehead atoms. The average Bonchev–Trinajstić information content (AvgIpc) is 3.19. The quantitative estimate of drug-likeness (QED) is 0.737. The van der Waals surface area contributed by atoms with Crippen LogP contribution in [0.15, 0.2) is 36.7 Å². The molecule has 3 heterocycles. The molecule has 0 unspecified atom stereocenters. The molecule has 0 aliphatic carbocycles. The van der Waals surface area contributed by atoms with E-state index in [2.05, 4.69) is 20.3 Å². The minimum absolute atomic E-state index is 0.00448. The van der Waals surface area contributed by atoms with Crippen LogP contribution in [0.2, 0.25) is 0 Å². The zero-order valence-corrected chi connectivity index (χ0v) is 16.2. The van der Waals surface area contributed by atoms with E-state index in [-0.39, 0.29) is 24.3 Å². The lowest BCUT2D eigenvalue weighted by atomic mass is 9.86. The van der Waals surface area contributed by atoms with Gasteiger partial charge in [-0.05, 0) is 50.3 Å². The molecule has 3 atom stereocenters. The molecule has 2 aromatic rings. The van der Waals surface area contributed by atoms with Gasteiger partial charge in [0.2, 0.25) is 5.95 Å². The number of anilines is 1. The van der Waals surface area contributed by atoms with Gasteiger partial charge in [-0.25, -0.2) is 4.68 Å². The first kappa shape index (κ1) is 20.0. The molecule has 1 aromatic carbocycles. The number of halogens is 3. The third-order valence-corrected chi connectivity index (χ3v) is 5.78. The zero-order valence-electron chi connectivity index (χ0n) is 16.2. The fourth-order valence-corrected chi connectivity index (χ4v) is 4.35. The van der Waals surface area contributed by atoms with Crippen molar-refractivity contribution in [2.75, 3.05) is 31.6 Å². The summed E-state index contributed by atoms with van der Waals surface area (Å²) in [7, 11) is 0. The number of para-hydroxylation sites is 1. The van der Waals surface area contributed by atoms with E-state index in [1.54, 1.807) is 0 Å². The van der Waals surface area contributed by atoms with Gasteiger partial charge in [-0.1, -0.05) is 18.2 Å². The standard InChI is InChI=1S/C20H26F3N5O/c21-20(22,23)18-12-17(26-19-24-14-25-28(18)19)15-6-4-9-27(13-15)10-5-11-29-16-7-2-1-3-8-16/h1-3,7-8,14-15,17-18H,4-6,9-13H2,(H,24,25,26)/t15-,17-,18+/m0/s1. The van der Waals surface area contributed by atoms with E-state index in [1.165, 1.54) is 6.33 Å². The molecule has 1 aromatic heterocycles. The van der Waals surface area contributed by atoms with E-state index in [1.807, 2.05) is 30.3 Å². The molecular formula is C20H26F3N5O. The molecule has 2 aliphatic heterocycles. The van der Waals surface area contributed by atoms with Crippen LogP contribution in [0.25, 0.3) is 0 Å². The predicted molar refractivity (Wildman–Crippen MR) is 103 cm³/mol. The van der Waals surface area contributed by atoms with Crippen LogP contribution in [0.1, 0.15) is 31.7 Å². The number of hydrogen-bond acceptors (Lipinski definition) is 5. The molecule has 0 spiro atoms. The van der Waals surface area contributed by atoms with Crippen molar-refractivity contribution in [2.24, 2.45) is 5.92 Å². The van der Waals surface area contributed by atoms with E-state index in [0.29, 0.717) is 6.61 Å². The number of alkyl halides is 3. The van der Waals surface area contributed by atoms with Gasteiger partial charge in [0.15, 0.2) is 6.04 Å². The molecule has 0 saturated carbocycles. The summed E-state index contributed by atoms with van der Waals surface area (Å²) < 4.78 is 47.3. The Labute approximate surface area is 168 Å². The van der Waals surface area contributed by atoms with Crippen LogP contribution in [0, 0.1) is 5.92 Å². The van der Waals surface area contributed by atoms with Crippen molar-refractivity contribution in [3.63, 3.8) is 0 Å². The molecule has 4 rings (SSSR count). The second-order valence-corrected chi connectivity index (χ2v) is 7.79. The lowest BCUT2D eigenvalue weighted by Crippen LogP contribution is -2.48. The number of likely N-dealkylation sites (tertiary alicyclic amines) is 1. The molecule has 0 radical (unpaired) electrons. The summed E-state index contributed by atoms with van der Waals surface area (Å²) >= 11 is 0. The Morgan fingerprint density at radius 1 is 1.21 bits per heavy atom. The Kier molecular flexibility index (Phi) is 5.94. The second kappa shape index (κ2) is 8.61. The number of hydrogen-bond donors (Lipinski definition) is 1. The highest BCUT2D eigenvalue weighted by atomic mass is 19.4. The lowest BCUT2D eigenvalue weighted by Gasteiger charge is -2.41. The van der Waals surface area contributed by atoms with Crippen LogP contribution < -0.4 is 10.1 Å². The Balaban J connectivity index is 1.30. The molecule has 0 amide bonds. The molecular weight excluding hydrogens is 383 g/mol. The van der Waals surface area contributed by atoms with Crippen molar-refractivity contribution >= 4 is 5.95 Å². The number of aromatic nitrogens is 3. The SMILES string of the molecule is FC(F)(F)[C@H]1C[C@@H]([C@H]2CCCN(CCCOc3ccccc3)C2)Nc2ncnn21. The van der Waals surface area contributed by atoms with Gasteiger partial charge in [0.1, 0.15) is 12.1 Å². The highest BCUT2D eigenvalue weighted by molar-refractivity contribution is 5.30. The van der Waals surface area contributed by atoms with Gasteiger partial charge in [0.05, 0.1) is 6.61 Å². The summed E-state index contributed by atoms with van der Waals surface area (Å²) in [5.41, 5.74) is 0. The van der Waals surface area contributed by atoms with Crippen molar-refractivity contribution in [3.05, 3.63) is 36.7 Å². The average molecular weight is 409 g/mol. The van der Waals surface area contributed by atoms with Crippen molar-refractivity contribution < 1.29 is 17.9 Å². The first-order chi connectivity index (χ1) is 14.0. The highest BCUT2D eigenvalue weighted by Gasteiger charge is 2.48. The normalized spacial score (nSPS) is 25.3. The molecule has 158 valence electrons. The van der Waals surface area contributed by atoms with Gasteiger partial charge >= 0.3 is 6.18 Å². The van der Waals surface area contributed by atoms with E-state index in [4.69, 9.17) is 4.74 Å². The molecule has 1 fully saturated rings. The summed E-state index contributed by atoms with van der Waals surface area (Å²) in [5, 5.41) is 6.97. The largest absolute Gasteiger partial charge is 0.494 e. The molecule has 9 heteroatoms. The van der Waals surface area contributed by atoms with Crippen molar-refractivity contribution in [2.45, 2.75) is 43.9 Å². The number of piperidine rings is 1. The zero-order chi connectivity index (χ0) is 20.3. The third kappa shape index (κ3) is 4.83. The first-order valence-corrected chi connectivity index (χ1v) is 10.1. The van der Waals surface area contributed by atoms with Gasteiger partial charge in [0, 0.05) is 19.1 Å². The van der Waals surface area contributed by atoms with Crippen molar-refractivity contribution in [1.29, 1.82) is 0 Å². The third-order valence-electron chi connectivity index (χ3n) is 5.78. The molecule has 6 nitrogen and oxygen atoms in total. The van der Waals surface area contributed by atoms with E-state index in [9.17, 15) is 13.2 Å². The maximum Gasteiger partial charge on any atom is 0.411 e. The first-order valence-electron chi connectivity index (χ1n) is 10.1. The summed E-state index contributed by atoms with van der Waals surface area (Å²) in [6, 6.07) is 7.84. The smallest absolute Gasteiger partial charge is 0.411 e. The van der Waals surface area contributed by atoms with Gasteiger partial charge in [-0.2, -0.15) is 23.3 Å². The summed E-state index contributed by atoms with van der Waals surface area (Å²) in [6.45, 7) is 3.29. The van der Waals surface area contributed by atoms with Crippen LogP contribution in [-0.2, 0) is 0 Å². The fraction of sp³-hybridized carbons (Fsp3) is 0.600.